The molecule has 2 atom stereocenters. The van der Waals surface area contributed by atoms with Crippen molar-refractivity contribution in [2.45, 2.75) is 24.3 Å². The molecule has 0 bridgehead atoms. The van der Waals surface area contributed by atoms with Gasteiger partial charge in [-0.2, -0.15) is 4.31 Å². The Bertz CT molecular complexity index is 579. The fourth-order valence-electron chi connectivity index (χ4n) is 2.42. The predicted molar refractivity (Wildman–Crippen MR) is 71.9 cm³/mol. The third-order valence-corrected chi connectivity index (χ3v) is 5.88. The first-order valence-corrected chi connectivity index (χ1v) is 7.85. The minimum absolute atomic E-state index is 0.0322. The summed E-state index contributed by atoms with van der Waals surface area (Å²) >= 11 is 5.88. The summed E-state index contributed by atoms with van der Waals surface area (Å²) < 4.78 is 39.6. The molecule has 0 saturated carbocycles. The van der Waals surface area contributed by atoms with Gasteiger partial charge in [0.25, 0.3) is 0 Å². The van der Waals surface area contributed by atoms with Crippen LogP contribution in [0.15, 0.2) is 23.1 Å². The first kappa shape index (κ1) is 14.7. The van der Waals surface area contributed by atoms with Crippen LogP contribution in [-0.2, 0) is 10.0 Å². The predicted octanol–water partition coefficient (Wildman–Crippen LogP) is 1.84. The summed E-state index contributed by atoms with van der Waals surface area (Å²) in [5.74, 6) is -0.484. The van der Waals surface area contributed by atoms with Crippen LogP contribution in [0.2, 0.25) is 5.02 Å². The molecule has 1 saturated heterocycles. The van der Waals surface area contributed by atoms with Crippen LogP contribution in [0.5, 0.6) is 0 Å². The molecule has 2 N–H and O–H groups in total. The van der Waals surface area contributed by atoms with Gasteiger partial charge in [-0.05, 0) is 44.0 Å². The summed E-state index contributed by atoms with van der Waals surface area (Å²) in [6, 6.07) is 3.19. The molecule has 1 fully saturated rings. The van der Waals surface area contributed by atoms with Crippen LogP contribution in [0, 0.1) is 11.7 Å². The van der Waals surface area contributed by atoms with Crippen LogP contribution in [-0.4, -0.2) is 31.9 Å². The minimum Gasteiger partial charge on any atom is -0.330 e. The first-order valence-electron chi connectivity index (χ1n) is 6.03. The van der Waals surface area contributed by atoms with Gasteiger partial charge >= 0.3 is 0 Å². The lowest BCUT2D eigenvalue weighted by atomic mass is 10.1. The smallest absolute Gasteiger partial charge is 0.244 e. The number of hydrogen-bond acceptors (Lipinski definition) is 3. The summed E-state index contributed by atoms with van der Waals surface area (Å²) in [7, 11) is -3.78. The average molecular weight is 307 g/mol. The summed E-state index contributed by atoms with van der Waals surface area (Å²) in [6.45, 7) is 2.61. The quantitative estimate of drug-likeness (QED) is 0.927. The van der Waals surface area contributed by atoms with Gasteiger partial charge in [-0.1, -0.05) is 11.6 Å². The van der Waals surface area contributed by atoms with Crippen LogP contribution in [0.4, 0.5) is 4.39 Å². The van der Waals surface area contributed by atoms with Crippen LogP contribution >= 0.6 is 11.6 Å². The van der Waals surface area contributed by atoms with Crippen molar-refractivity contribution in [3.8, 4) is 0 Å². The van der Waals surface area contributed by atoms with E-state index in [9.17, 15) is 12.8 Å². The summed E-state index contributed by atoms with van der Waals surface area (Å²) in [5.41, 5.74) is 5.59. The number of nitrogens with two attached hydrogens (primary N) is 1. The van der Waals surface area contributed by atoms with Crippen LogP contribution in [0.1, 0.15) is 13.3 Å². The van der Waals surface area contributed by atoms with Crippen molar-refractivity contribution in [3.05, 3.63) is 29.0 Å². The van der Waals surface area contributed by atoms with Gasteiger partial charge in [-0.15, -0.1) is 0 Å². The van der Waals surface area contributed by atoms with Gasteiger partial charge in [-0.25, -0.2) is 12.8 Å². The molecule has 0 amide bonds. The molecule has 2 unspecified atom stereocenters. The van der Waals surface area contributed by atoms with Crippen LogP contribution in [0.25, 0.3) is 0 Å². The number of sulfonamides is 1. The molecule has 1 heterocycles. The molecule has 0 aliphatic carbocycles. The van der Waals surface area contributed by atoms with E-state index in [4.69, 9.17) is 17.3 Å². The van der Waals surface area contributed by atoms with Crippen molar-refractivity contribution in [2.75, 3.05) is 13.1 Å². The summed E-state index contributed by atoms with van der Waals surface area (Å²) in [4.78, 5) is -0.182. The minimum atomic E-state index is -3.78. The molecular weight excluding hydrogens is 291 g/mol. The second-order valence-corrected chi connectivity index (χ2v) is 7.10. The maximum absolute atomic E-state index is 13.2. The molecule has 0 spiro atoms. The van der Waals surface area contributed by atoms with Crippen LogP contribution < -0.4 is 5.73 Å². The van der Waals surface area contributed by atoms with Gasteiger partial charge in [0, 0.05) is 12.6 Å². The van der Waals surface area contributed by atoms with Gasteiger partial charge in [0.1, 0.15) is 10.7 Å². The van der Waals surface area contributed by atoms with E-state index in [2.05, 4.69) is 0 Å². The first-order chi connectivity index (χ1) is 8.86. The number of rotatable bonds is 3. The Morgan fingerprint density at radius 2 is 2.21 bits per heavy atom. The average Bonchev–Trinajstić information content (AvgIpc) is 2.74. The fraction of sp³-hybridized carbons (Fsp3) is 0.500. The molecule has 1 aliphatic heterocycles. The van der Waals surface area contributed by atoms with Gasteiger partial charge in [0.05, 0.1) is 5.02 Å². The highest BCUT2D eigenvalue weighted by Gasteiger charge is 2.38. The largest absolute Gasteiger partial charge is 0.330 e. The lowest BCUT2D eigenvalue weighted by molar-refractivity contribution is 0.404. The Kier molecular flexibility index (Phi) is 4.15. The van der Waals surface area contributed by atoms with Crippen molar-refractivity contribution in [1.29, 1.82) is 0 Å². The van der Waals surface area contributed by atoms with E-state index in [1.54, 1.807) is 0 Å². The molecule has 106 valence electrons. The maximum Gasteiger partial charge on any atom is 0.244 e. The number of nitrogens with zero attached hydrogens (tertiary/aromatic N) is 1. The molecule has 0 radical (unpaired) electrons. The van der Waals surface area contributed by atoms with Gasteiger partial charge in [0.2, 0.25) is 10.0 Å². The van der Waals surface area contributed by atoms with Crippen LogP contribution in [0.3, 0.4) is 0 Å². The highest BCUT2D eigenvalue weighted by atomic mass is 35.5. The Balaban J connectivity index is 2.40. The maximum atomic E-state index is 13.2. The molecule has 0 aromatic heterocycles. The van der Waals surface area contributed by atoms with E-state index < -0.39 is 15.8 Å². The van der Waals surface area contributed by atoms with E-state index in [0.717, 1.165) is 12.1 Å². The van der Waals surface area contributed by atoms with Crippen molar-refractivity contribution in [2.24, 2.45) is 11.7 Å². The van der Waals surface area contributed by atoms with E-state index in [1.165, 1.54) is 10.4 Å². The summed E-state index contributed by atoms with van der Waals surface area (Å²) in [6.07, 6.45) is 0.711. The van der Waals surface area contributed by atoms with Crippen molar-refractivity contribution in [1.82, 2.24) is 4.31 Å². The van der Waals surface area contributed by atoms with Gasteiger partial charge in [0.15, 0.2) is 0 Å². The number of benzene rings is 1. The summed E-state index contributed by atoms with van der Waals surface area (Å²) in [5, 5.41) is 0.0322. The Hall–Kier alpha value is -0.690. The molecule has 4 nitrogen and oxygen atoms in total. The van der Waals surface area contributed by atoms with E-state index >= 15 is 0 Å². The van der Waals surface area contributed by atoms with E-state index in [1.807, 2.05) is 6.92 Å². The standard InChI is InChI=1S/C12H16ClFN2O2S/c1-8-4-9(6-15)7-16(8)19(17,18)12-5-10(14)2-3-11(12)13/h2-3,5,8-9H,4,6-7,15H2,1H3. The fourth-order valence-corrected chi connectivity index (χ4v) is 4.62. The topological polar surface area (TPSA) is 63.4 Å². The molecule has 7 heteroatoms. The zero-order chi connectivity index (χ0) is 14.2. The Morgan fingerprint density at radius 1 is 1.53 bits per heavy atom. The molecule has 1 aliphatic rings. The van der Waals surface area contributed by atoms with Crippen molar-refractivity contribution < 1.29 is 12.8 Å². The third kappa shape index (κ3) is 2.76. The van der Waals surface area contributed by atoms with Gasteiger partial charge < -0.3 is 5.73 Å². The Morgan fingerprint density at radius 3 is 2.79 bits per heavy atom. The molecule has 19 heavy (non-hydrogen) atoms. The normalized spacial score (nSPS) is 24.8. The second-order valence-electron chi connectivity index (χ2n) is 4.84. The highest BCUT2D eigenvalue weighted by molar-refractivity contribution is 7.89. The van der Waals surface area contributed by atoms with Crippen molar-refractivity contribution in [3.63, 3.8) is 0 Å². The Labute approximate surface area is 117 Å². The van der Waals surface area contributed by atoms with Crippen molar-refractivity contribution >= 4 is 21.6 Å². The van der Waals surface area contributed by atoms with Gasteiger partial charge in [-0.3, -0.25) is 0 Å². The zero-order valence-electron chi connectivity index (χ0n) is 10.5. The third-order valence-electron chi connectivity index (χ3n) is 3.42. The highest BCUT2D eigenvalue weighted by Crippen LogP contribution is 2.32. The SMILES string of the molecule is CC1CC(CN)CN1S(=O)(=O)c1cc(F)ccc1Cl. The molecular formula is C12H16ClFN2O2S. The molecule has 2 rings (SSSR count). The monoisotopic (exact) mass is 306 g/mol. The number of hydrogen-bond donors (Lipinski definition) is 1. The lowest BCUT2D eigenvalue weighted by Crippen LogP contribution is -2.34. The van der Waals surface area contributed by atoms with E-state index in [0.29, 0.717) is 19.5 Å². The zero-order valence-corrected chi connectivity index (χ0v) is 12.1. The van der Waals surface area contributed by atoms with E-state index in [-0.39, 0.29) is 21.9 Å². The number of halogens is 2. The lowest BCUT2D eigenvalue weighted by Gasteiger charge is -2.21. The second kappa shape index (κ2) is 5.36. The molecule has 1 aromatic rings. The molecule has 1 aromatic carbocycles.